The third kappa shape index (κ3) is 3.85. The van der Waals surface area contributed by atoms with Crippen LogP contribution in [0.2, 0.25) is 5.02 Å². The van der Waals surface area contributed by atoms with Crippen molar-refractivity contribution in [3.63, 3.8) is 0 Å². The smallest absolute Gasteiger partial charge is 0.341 e. The zero-order valence-corrected chi connectivity index (χ0v) is 12.4. The summed E-state index contributed by atoms with van der Waals surface area (Å²) in [5, 5.41) is 0.417. The molecule has 0 N–H and O–H groups in total. The number of hydrogen-bond acceptors (Lipinski definition) is 4. The summed E-state index contributed by atoms with van der Waals surface area (Å²) in [5.41, 5.74) is 1.24. The molecule has 1 aromatic rings. The third-order valence-electron chi connectivity index (χ3n) is 2.73. The Hall–Kier alpha value is -1.26. The molecular formula is C14H20ClNO3. The van der Waals surface area contributed by atoms with Gasteiger partial charge in [-0.05, 0) is 12.1 Å². The Kier molecular flexibility index (Phi) is 6.67. The van der Waals surface area contributed by atoms with E-state index in [-0.39, 0.29) is 0 Å². The lowest BCUT2D eigenvalue weighted by Crippen LogP contribution is -2.37. The molecule has 1 aliphatic heterocycles. The van der Waals surface area contributed by atoms with E-state index in [0.29, 0.717) is 23.8 Å². The van der Waals surface area contributed by atoms with Gasteiger partial charge in [0.15, 0.2) is 0 Å². The van der Waals surface area contributed by atoms with Crippen molar-refractivity contribution in [1.29, 1.82) is 0 Å². The second kappa shape index (κ2) is 8.02. The van der Waals surface area contributed by atoms with Crippen molar-refractivity contribution < 1.29 is 14.3 Å². The fourth-order valence-electron chi connectivity index (χ4n) is 1.88. The standard InChI is InChI=1S/C12H14ClNO3.C2H6/c1-16-12(15)11-9(13)3-2-4-10(11)14-5-7-17-8-6-14;1-2/h2-4H,5-8H2,1H3;1-2H3. The van der Waals surface area contributed by atoms with Crippen LogP contribution in [-0.2, 0) is 9.47 Å². The number of carbonyl (C=O) groups excluding carboxylic acids is 1. The van der Waals surface area contributed by atoms with Crippen molar-refractivity contribution in [2.24, 2.45) is 0 Å². The highest BCUT2D eigenvalue weighted by Crippen LogP contribution is 2.28. The first kappa shape index (κ1) is 15.8. The topological polar surface area (TPSA) is 38.8 Å². The summed E-state index contributed by atoms with van der Waals surface area (Å²) < 4.78 is 10.1. The Morgan fingerprint density at radius 1 is 1.32 bits per heavy atom. The molecule has 0 bridgehead atoms. The van der Waals surface area contributed by atoms with Crippen LogP contribution in [0.25, 0.3) is 0 Å². The van der Waals surface area contributed by atoms with Gasteiger partial charge in [-0.15, -0.1) is 0 Å². The van der Waals surface area contributed by atoms with E-state index < -0.39 is 5.97 Å². The van der Waals surface area contributed by atoms with Crippen molar-refractivity contribution in [2.45, 2.75) is 13.8 Å². The van der Waals surface area contributed by atoms with Gasteiger partial charge in [0.25, 0.3) is 0 Å². The Labute approximate surface area is 119 Å². The van der Waals surface area contributed by atoms with Crippen LogP contribution >= 0.6 is 11.6 Å². The summed E-state index contributed by atoms with van der Waals surface area (Å²) in [6, 6.07) is 5.40. The number of morpholine rings is 1. The zero-order valence-electron chi connectivity index (χ0n) is 11.6. The van der Waals surface area contributed by atoms with Gasteiger partial charge in [-0.3, -0.25) is 0 Å². The van der Waals surface area contributed by atoms with Crippen molar-refractivity contribution in [3.05, 3.63) is 28.8 Å². The highest BCUT2D eigenvalue weighted by atomic mass is 35.5. The number of nitrogens with zero attached hydrogens (tertiary/aromatic N) is 1. The monoisotopic (exact) mass is 285 g/mol. The van der Waals surface area contributed by atoms with Crippen LogP contribution in [0.4, 0.5) is 5.69 Å². The van der Waals surface area contributed by atoms with Crippen molar-refractivity contribution in [1.82, 2.24) is 0 Å². The Morgan fingerprint density at radius 3 is 2.53 bits per heavy atom. The molecule has 1 heterocycles. The maximum absolute atomic E-state index is 11.7. The van der Waals surface area contributed by atoms with Gasteiger partial charge in [0.1, 0.15) is 5.56 Å². The average Bonchev–Trinajstić information content (AvgIpc) is 2.49. The second-order valence-electron chi connectivity index (χ2n) is 3.72. The summed E-state index contributed by atoms with van der Waals surface area (Å²) in [6.07, 6.45) is 0. The fourth-order valence-corrected chi connectivity index (χ4v) is 2.13. The van der Waals surface area contributed by atoms with Gasteiger partial charge >= 0.3 is 5.97 Å². The minimum Gasteiger partial charge on any atom is -0.465 e. The molecule has 4 nitrogen and oxygen atoms in total. The molecule has 0 aromatic heterocycles. The number of anilines is 1. The molecule has 106 valence electrons. The first-order chi connectivity index (χ1) is 9.24. The van der Waals surface area contributed by atoms with E-state index in [9.17, 15) is 4.79 Å². The summed E-state index contributed by atoms with van der Waals surface area (Å²) >= 11 is 6.06. The van der Waals surface area contributed by atoms with Gasteiger partial charge in [0, 0.05) is 13.1 Å². The van der Waals surface area contributed by atoms with Crippen LogP contribution in [0.15, 0.2) is 18.2 Å². The molecule has 5 heteroatoms. The first-order valence-corrected chi connectivity index (χ1v) is 6.81. The Bertz CT molecular complexity index is 417. The predicted octanol–water partition coefficient (Wildman–Crippen LogP) is 2.99. The lowest BCUT2D eigenvalue weighted by molar-refractivity contribution is 0.0600. The normalized spacial score (nSPS) is 14.4. The SMILES string of the molecule is CC.COC(=O)c1c(Cl)cccc1N1CCOCC1. The number of ether oxygens (including phenoxy) is 2. The number of hydrogen-bond donors (Lipinski definition) is 0. The van der Waals surface area contributed by atoms with E-state index in [0.717, 1.165) is 18.8 Å². The molecule has 0 radical (unpaired) electrons. The van der Waals surface area contributed by atoms with Gasteiger partial charge in [-0.25, -0.2) is 4.79 Å². The molecule has 0 amide bonds. The largest absolute Gasteiger partial charge is 0.465 e. The van der Waals surface area contributed by atoms with E-state index in [4.69, 9.17) is 21.1 Å². The van der Waals surface area contributed by atoms with Crippen molar-refractivity contribution in [2.75, 3.05) is 38.3 Å². The molecule has 1 fully saturated rings. The maximum Gasteiger partial charge on any atom is 0.341 e. The Balaban J connectivity index is 0.000000861. The second-order valence-corrected chi connectivity index (χ2v) is 4.13. The summed E-state index contributed by atoms with van der Waals surface area (Å²) in [5.74, 6) is -0.405. The molecule has 0 atom stereocenters. The van der Waals surface area contributed by atoms with Gasteiger partial charge in [-0.2, -0.15) is 0 Å². The lowest BCUT2D eigenvalue weighted by Gasteiger charge is -2.30. The molecule has 0 saturated carbocycles. The van der Waals surface area contributed by atoms with Crippen molar-refractivity contribution >= 4 is 23.3 Å². The van der Waals surface area contributed by atoms with Crippen LogP contribution in [0, 0.1) is 0 Å². The first-order valence-electron chi connectivity index (χ1n) is 6.43. The number of carbonyl (C=O) groups is 1. The number of benzene rings is 1. The molecule has 1 saturated heterocycles. The van der Waals surface area contributed by atoms with E-state index in [1.54, 1.807) is 6.07 Å². The maximum atomic E-state index is 11.7. The summed E-state index contributed by atoms with van der Waals surface area (Å²) in [7, 11) is 1.36. The van der Waals surface area contributed by atoms with E-state index in [2.05, 4.69) is 4.90 Å². The van der Waals surface area contributed by atoms with E-state index in [1.807, 2.05) is 26.0 Å². The number of esters is 1. The van der Waals surface area contributed by atoms with E-state index in [1.165, 1.54) is 7.11 Å². The van der Waals surface area contributed by atoms with Gasteiger partial charge in [-0.1, -0.05) is 31.5 Å². The van der Waals surface area contributed by atoms with Crippen LogP contribution in [0.3, 0.4) is 0 Å². The molecule has 0 unspecified atom stereocenters. The van der Waals surface area contributed by atoms with E-state index >= 15 is 0 Å². The number of halogens is 1. The Morgan fingerprint density at radius 2 is 1.95 bits per heavy atom. The molecule has 0 aliphatic carbocycles. The quantitative estimate of drug-likeness (QED) is 0.783. The minimum atomic E-state index is -0.405. The molecule has 1 aromatic carbocycles. The molecular weight excluding hydrogens is 266 g/mol. The third-order valence-corrected chi connectivity index (χ3v) is 3.05. The van der Waals surface area contributed by atoms with Crippen LogP contribution in [0.1, 0.15) is 24.2 Å². The van der Waals surface area contributed by atoms with Gasteiger partial charge in [0.05, 0.1) is 31.0 Å². The fraction of sp³-hybridized carbons (Fsp3) is 0.500. The zero-order chi connectivity index (χ0) is 14.3. The summed E-state index contributed by atoms with van der Waals surface area (Å²) in [6.45, 7) is 6.83. The lowest BCUT2D eigenvalue weighted by atomic mass is 10.1. The summed E-state index contributed by atoms with van der Waals surface area (Å²) in [4.78, 5) is 13.8. The van der Waals surface area contributed by atoms with Crippen molar-refractivity contribution in [3.8, 4) is 0 Å². The highest BCUT2D eigenvalue weighted by molar-refractivity contribution is 6.34. The number of rotatable bonds is 2. The molecule has 2 rings (SSSR count). The molecule has 19 heavy (non-hydrogen) atoms. The molecule has 0 spiro atoms. The van der Waals surface area contributed by atoms with Gasteiger partial charge < -0.3 is 14.4 Å². The number of methoxy groups -OCH3 is 1. The minimum absolute atomic E-state index is 0.405. The van der Waals surface area contributed by atoms with Crippen LogP contribution in [0.5, 0.6) is 0 Å². The van der Waals surface area contributed by atoms with Crippen LogP contribution < -0.4 is 4.90 Å². The van der Waals surface area contributed by atoms with Gasteiger partial charge in [0.2, 0.25) is 0 Å². The predicted molar refractivity (Wildman–Crippen MR) is 77.2 cm³/mol. The highest BCUT2D eigenvalue weighted by Gasteiger charge is 2.21. The average molecular weight is 286 g/mol. The molecule has 1 aliphatic rings. The van der Waals surface area contributed by atoms with Crippen LogP contribution in [-0.4, -0.2) is 39.4 Å².